The lowest BCUT2D eigenvalue weighted by molar-refractivity contribution is -0.158. The minimum absolute atomic E-state index is 0.209. The van der Waals surface area contributed by atoms with Gasteiger partial charge in [0.25, 0.3) is 0 Å². The van der Waals surface area contributed by atoms with E-state index in [1.165, 1.54) is 11.8 Å². The molecule has 14 heavy (non-hydrogen) atoms. The van der Waals surface area contributed by atoms with E-state index in [2.05, 4.69) is 0 Å². The number of amides is 2. The van der Waals surface area contributed by atoms with Crippen molar-refractivity contribution in [3.05, 3.63) is 0 Å². The Balaban J connectivity index is 2.27. The second kappa shape index (κ2) is 2.98. The number of carbonyl (C=O) groups is 3. The van der Waals surface area contributed by atoms with Crippen molar-refractivity contribution in [2.75, 3.05) is 11.5 Å². The van der Waals surface area contributed by atoms with Crippen LogP contribution in [0.25, 0.3) is 0 Å². The maximum Gasteiger partial charge on any atom is 0.330 e. The molecule has 1 aliphatic carbocycles. The van der Waals surface area contributed by atoms with Crippen molar-refractivity contribution in [1.29, 1.82) is 0 Å². The highest BCUT2D eigenvalue weighted by Crippen LogP contribution is 2.43. The molecule has 1 N–H and O–H groups in total. The Labute approximate surface area is 84.4 Å². The minimum Gasteiger partial charge on any atom is -0.479 e. The third kappa shape index (κ3) is 1.21. The number of carbonyl (C=O) groups excluding carboxylic acids is 2. The Morgan fingerprint density at radius 3 is 2.14 bits per heavy atom. The van der Waals surface area contributed by atoms with E-state index < -0.39 is 11.5 Å². The zero-order chi connectivity index (χ0) is 10.3. The molecule has 2 rings (SSSR count). The van der Waals surface area contributed by atoms with Gasteiger partial charge in [0.1, 0.15) is 5.54 Å². The first-order valence-electron chi connectivity index (χ1n) is 4.25. The number of hydrogen-bond donors (Lipinski definition) is 1. The van der Waals surface area contributed by atoms with Gasteiger partial charge >= 0.3 is 5.97 Å². The van der Waals surface area contributed by atoms with Crippen LogP contribution in [-0.4, -0.2) is 44.8 Å². The summed E-state index contributed by atoms with van der Waals surface area (Å²) in [5.41, 5.74) is -1.20. The van der Waals surface area contributed by atoms with Crippen LogP contribution in [-0.2, 0) is 14.4 Å². The summed E-state index contributed by atoms with van der Waals surface area (Å²) >= 11 is 1.24. The predicted octanol–water partition coefficient (Wildman–Crippen LogP) is -0.294. The van der Waals surface area contributed by atoms with E-state index in [1.54, 1.807) is 0 Å². The molecule has 76 valence electrons. The molecule has 0 atom stereocenters. The van der Waals surface area contributed by atoms with E-state index in [1.807, 2.05) is 0 Å². The molecule has 0 aromatic heterocycles. The highest BCUT2D eigenvalue weighted by molar-refractivity contribution is 8.00. The zero-order valence-corrected chi connectivity index (χ0v) is 8.17. The number of rotatable bonds is 2. The average Bonchev–Trinajstić information content (AvgIpc) is 2.85. The van der Waals surface area contributed by atoms with Gasteiger partial charge in [-0.2, -0.15) is 0 Å². The molecule has 0 unspecified atom stereocenters. The molecule has 2 aliphatic rings. The van der Waals surface area contributed by atoms with Gasteiger partial charge in [-0.25, -0.2) is 4.79 Å². The van der Waals surface area contributed by atoms with Gasteiger partial charge < -0.3 is 5.11 Å². The van der Waals surface area contributed by atoms with Crippen molar-refractivity contribution in [3.8, 4) is 0 Å². The molecule has 1 saturated carbocycles. The van der Waals surface area contributed by atoms with Crippen LogP contribution < -0.4 is 0 Å². The molecule has 0 aromatic carbocycles. The molecule has 1 heterocycles. The van der Waals surface area contributed by atoms with E-state index >= 15 is 0 Å². The Morgan fingerprint density at radius 2 is 1.79 bits per heavy atom. The summed E-state index contributed by atoms with van der Waals surface area (Å²) in [5.74, 6) is -1.38. The minimum atomic E-state index is -1.20. The smallest absolute Gasteiger partial charge is 0.330 e. The van der Waals surface area contributed by atoms with E-state index in [0.717, 1.165) is 4.90 Å². The van der Waals surface area contributed by atoms with Crippen LogP contribution in [0.5, 0.6) is 0 Å². The summed E-state index contributed by atoms with van der Waals surface area (Å²) in [7, 11) is 0. The third-order valence-electron chi connectivity index (χ3n) is 2.50. The fourth-order valence-electron chi connectivity index (χ4n) is 1.62. The molecule has 6 heteroatoms. The number of carboxylic acids is 1. The fourth-order valence-corrected chi connectivity index (χ4v) is 2.33. The summed E-state index contributed by atoms with van der Waals surface area (Å²) in [6.07, 6.45) is 0.787. The van der Waals surface area contributed by atoms with Gasteiger partial charge in [0.05, 0.1) is 11.5 Å². The maximum atomic E-state index is 11.4. The monoisotopic (exact) mass is 215 g/mol. The van der Waals surface area contributed by atoms with E-state index in [0.29, 0.717) is 12.8 Å². The van der Waals surface area contributed by atoms with Crippen molar-refractivity contribution in [2.24, 2.45) is 0 Å². The maximum absolute atomic E-state index is 11.4. The summed E-state index contributed by atoms with van der Waals surface area (Å²) in [6, 6.07) is 0. The first-order chi connectivity index (χ1) is 6.58. The molecule has 5 nitrogen and oxygen atoms in total. The molecule has 0 bridgehead atoms. The molecule has 2 fully saturated rings. The van der Waals surface area contributed by atoms with Crippen molar-refractivity contribution >= 4 is 29.5 Å². The lowest BCUT2D eigenvalue weighted by atomic mass is 10.2. The van der Waals surface area contributed by atoms with Crippen LogP contribution in [0.15, 0.2) is 0 Å². The standard InChI is InChI=1S/C8H9NO4S/c10-5-3-14-4-6(11)9(5)8(1-2-8)7(12)13/h1-4H2,(H,12,13). The Bertz CT molecular complexity index is 307. The quantitative estimate of drug-likeness (QED) is 0.640. The van der Waals surface area contributed by atoms with Gasteiger partial charge in [-0.3, -0.25) is 14.5 Å². The summed E-state index contributed by atoms with van der Waals surface area (Å²) in [6.45, 7) is 0. The first kappa shape index (κ1) is 9.51. The third-order valence-corrected chi connectivity index (χ3v) is 3.40. The van der Waals surface area contributed by atoms with Crippen molar-refractivity contribution in [3.63, 3.8) is 0 Å². The Kier molecular flexibility index (Phi) is 2.02. The second-order valence-electron chi connectivity index (χ2n) is 3.45. The number of thioether (sulfide) groups is 1. The molecular formula is C8H9NO4S. The van der Waals surface area contributed by atoms with E-state index in [-0.39, 0.29) is 23.3 Å². The van der Waals surface area contributed by atoms with Crippen LogP contribution in [0.2, 0.25) is 0 Å². The normalized spacial score (nSPS) is 25.0. The topological polar surface area (TPSA) is 74.7 Å². The van der Waals surface area contributed by atoms with Gasteiger partial charge in [0, 0.05) is 0 Å². The number of aliphatic carboxylic acids is 1. The van der Waals surface area contributed by atoms with Crippen LogP contribution in [0.3, 0.4) is 0 Å². The number of hydrogen-bond acceptors (Lipinski definition) is 4. The molecule has 2 amide bonds. The fraction of sp³-hybridized carbons (Fsp3) is 0.625. The van der Waals surface area contributed by atoms with E-state index in [9.17, 15) is 14.4 Å². The molecular weight excluding hydrogens is 206 g/mol. The summed E-state index contributed by atoms with van der Waals surface area (Å²) in [4.78, 5) is 34.7. The van der Waals surface area contributed by atoms with Crippen LogP contribution in [0.1, 0.15) is 12.8 Å². The largest absolute Gasteiger partial charge is 0.479 e. The highest BCUT2D eigenvalue weighted by Gasteiger charge is 2.59. The van der Waals surface area contributed by atoms with Gasteiger partial charge in [-0.1, -0.05) is 0 Å². The first-order valence-corrected chi connectivity index (χ1v) is 5.40. The van der Waals surface area contributed by atoms with Crippen molar-refractivity contribution in [1.82, 2.24) is 4.90 Å². The lowest BCUT2D eigenvalue weighted by Crippen LogP contribution is -2.54. The molecule has 0 radical (unpaired) electrons. The average molecular weight is 215 g/mol. The summed E-state index contributed by atoms with van der Waals surface area (Å²) < 4.78 is 0. The molecule has 0 aromatic rings. The van der Waals surface area contributed by atoms with Crippen LogP contribution >= 0.6 is 11.8 Å². The van der Waals surface area contributed by atoms with Gasteiger partial charge in [-0.05, 0) is 12.8 Å². The zero-order valence-electron chi connectivity index (χ0n) is 7.36. The van der Waals surface area contributed by atoms with E-state index in [4.69, 9.17) is 5.11 Å². The van der Waals surface area contributed by atoms with Crippen LogP contribution in [0, 0.1) is 0 Å². The lowest BCUT2D eigenvalue weighted by Gasteiger charge is -2.29. The predicted molar refractivity (Wildman–Crippen MR) is 48.8 cm³/mol. The molecule has 1 aliphatic heterocycles. The highest BCUT2D eigenvalue weighted by atomic mass is 32.2. The molecule has 0 spiro atoms. The number of carboxylic acid groups (broad SMARTS) is 1. The van der Waals surface area contributed by atoms with Crippen molar-refractivity contribution in [2.45, 2.75) is 18.4 Å². The van der Waals surface area contributed by atoms with Crippen molar-refractivity contribution < 1.29 is 19.5 Å². The molecule has 1 saturated heterocycles. The SMILES string of the molecule is O=C1CSCC(=O)N1C1(C(=O)O)CC1. The second-order valence-corrected chi connectivity index (χ2v) is 4.44. The number of nitrogens with zero attached hydrogens (tertiary/aromatic N) is 1. The van der Waals surface area contributed by atoms with Crippen LogP contribution in [0.4, 0.5) is 0 Å². The summed E-state index contributed by atoms with van der Waals surface area (Å²) in [5, 5.41) is 8.94. The van der Waals surface area contributed by atoms with Gasteiger partial charge in [0.2, 0.25) is 11.8 Å². The van der Waals surface area contributed by atoms with Gasteiger partial charge in [-0.15, -0.1) is 11.8 Å². The Morgan fingerprint density at radius 1 is 1.29 bits per heavy atom. The Hall–Kier alpha value is -1.04. The van der Waals surface area contributed by atoms with Gasteiger partial charge in [0.15, 0.2) is 0 Å². The number of imide groups is 1.